The second-order valence-corrected chi connectivity index (χ2v) is 5.54. The van der Waals surface area contributed by atoms with Crippen molar-refractivity contribution >= 4 is 23.0 Å². The molecule has 1 aliphatic rings. The third kappa shape index (κ3) is 2.44. The predicted octanol–water partition coefficient (Wildman–Crippen LogP) is 2.54. The van der Waals surface area contributed by atoms with Crippen LogP contribution >= 0.6 is 0 Å². The number of fused-ring (bicyclic) bond motifs is 1. The van der Waals surface area contributed by atoms with Gasteiger partial charge in [0.25, 0.3) is 5.91 Å². The van der Waals surface area contributed by atoms with Crippen LogP contribution in [0.1, 0.15) is 15.9 Å². The van der Waals surface area contributed by atoms with E-state index in [0.717, 1.165) is 17.8 Å². The summed E-state index contributed by atoms with van der Waals surface area (Å²) in [5, 5.41) is 0. The van der Waals surface area contributed by atoms with Crippen molar-refractivity contribution in [2.75, 3.05) is 36.2 Å². The second-order valence-electron chi connectivity index (χ2n) is 5.54. The number of nitrogens with zero attached hydrogens (tertiary/aromatic N) is 2. The van der Waals surface area contributed by atoms with Gasteiger partial charge in [-0.2, -0.15) is 0 Å². The molecule has 0 saturated heterocycles. The predicted molar refractivity (Wildman–Crippen MR) is 87.0 cm³/mol. The van der Waals surface area contributed by atoms with Crippen molar-refractivity contribution in [2.45, 2.75) is 6.42 Å². The number of carbonyl (C=O) groups is 1. The first-order valence-corrected chi connectivity index (χ1v) is 7.04. The average molecular weight is 281 g/mol. The number of hydrogen-bond donors (Lipinski definition) is 1. The Morgan fingerprint density at radius 1 is 1.14 bits per heavy atom. The van der Waals surface area contributed by atoms with Crippen LogP contribution in [-0.4, -0.2) is 26.5 Å². The van der Waals surface area contributed by atoms with Crippen molar-refractivity contribution in [1.29, 1.82) is 0 Å². The molecule has 21 heavy (non-hydrogen) atoms. The van der Waals surface area contributed by atoms with Crippen molar-refractivity contribution in [2.24, 2.45) is 0 Å². The lowest BCUT2D eigenvalue weighted by molar-refractivity contribution is 0.0989. The van der Waals surface area contributed by atoms with Gasteiger partial charge in [0.2, 0.25) is 0 Å². The van der Waals surface area contributed by atoms with E-state index < -0.39 is 0 Å². The molecule has 0 aromatic heterocycles. The SMILES string of the molecule is CN(C)c1ccc(C(=O)N2CCc3ccc(N)cc32)cc1. The lowest BCUT2D eigenvalue weighted by Crippen LogP contribution is -2.28. The maximum Gasteiger partial charge on any atom is 0.258 e. The Balaban J connectivity index is 1.89. The summed E-state index contributed by atoms with van der Waals surface area (Å²) in [5.74, 6) is 0.0321. The van der Waals surface area contributed by atoms with Gasteiger partial charge >= 0.3 is 0 Å². The molecule has 0 saturated carbocycles. The fourth-order valence-electron chi connectivity index (χ4n) is 2.67. The molecule has 1 amide bonds. The lowest BCUT2D eigenvalue weighted by Gasteiger charge is -2.18. The summed E-state index contributed by atoms with van der Waals surface area (Å²) in [6, 6.07) is 13.5. The van der Waals surface area contributed by atoms with Crippen LogP contribution in [-0.2, 0) is 6.42 Å². The van der Waals surface area contributed by atoms with Crippen molar-refractivity contribution in [3.8, 4) is 0 Å². The summed E-state index contributed by atoms with van der Waals surface area (Å²) >= 11 is 0. The van der Waals surface area contributed by atoms with E-state index >= 15 is 0 Å². The molecule has 1 aliphatic heterocycles. The van der Waals surface area contributed by atoms with Gasteiger partial charge in [-0.15, -0.1) is 0 Å². The fraction of sp³-hybridized carbons (Fsp3) is 0.235. The maximum atomic E-state index is 12.7. The summed E-state index contributed by atoms with van der Waals surface area (Å²) in [5.41, 5.74) is 10.4. The molecule has 0 radical (unpaired) electrons. The highest BCUT2D eigenvalue weighted by atomic mass is 16.2. The number of rotatable bonds is 2. The monoisotopic (exact) mass is 281 g/mol. The lowest BCUT2D eigenvalue weighted by atomic mass is 10.1. The van der Waals surface area contributed by atoms with E-state index in [4.69, 9.17) is 5.73 Å². The Kier molecular flexibility index (Phi) is 3.29. The highest BCUT2D eigenvalue weighted by Gasteiger charge is 2.25. The van der Waals surface area contributed by atoms with Crippen molar-refractivity contribution in [1.82, 2.24) is 0 Å². The zero-order valence-electron chi connectivity index (χ0n) is 12.3. The number of amides is 1. The van der Waals surface area contributed by atoms with E-state index in [9.17, 15) is 4.79 Å². The minimum atomic E-state index is 0.0321. The maximum absolute atomic E-state index is 12.7. The van der Waals surface area contributed by atoms with Gasteiger partial charge in [-0.3, -0.25) is 4.79 Å². The number of anilines is 3. The highest BCUT2D eigenvalue weighted by molar-refractivity contribution is 6.07. The van der Waals surface area contributed by atoms with Gasteiger partial charge in [0.05, 0.1) is 0 Å². The molecular weight excluding hydrogens is 262 g/mol. The topological polar surface area (TPSA) is 49.6 Å². The zero-order chi connectivity index (χ0) is 15.0. The molecule has 0 unspecified atom stereocenters. The fourth-order valence-corrected chi connectivity index (χ4v) is 2.67. The van der Waals surface area contributed by atoms with Crippen LogP contribution in [0.15, 0.2) is 42.5 Å². The smallest absolute Gasteiger partial charge is 0.258 e. The van der Waals surface area contributed by atoms with Crippen LogP contribution in [0.25, 0.3) is 0 Å². The van der Waals surface area contributed by atoms with Gasteiger partial charge in [-0.25, -0.2) is 0 Å². The average Bonchev–Trinajstić information content (AvgIpc) is 2.89. The van der Waals surface area contributed by atoms with Gasteiger partial charge in [0, 0.05) is 43.3 Å². The summed E-state index contributed by atoms with van der Waals surface area (Å²) in [4.78, 5) is 16.5. The first-order chi connectivity index (χ1) is 10.1. The second kappa shape index (κ2) is 5.13. The Morgan fingerprint density at radius 2 is 1.86 bits per heavy atom. The Labute approximate surface area is 124 Å². The molecule has 3 rings (SSSR count). The minimum absolute atomic E-state index is 0.0321. The summed E-state index contributed by atoms with van der Waals surface area (Å²) in [7, 11) is 3.96. The van der Waals surface area contributed by atoms with E-state index in [1.807, 2.05) is 66.4 Å². The molecule has 2 aromatic rings. The van der Waals surface area contributed by atoms with Crippen molar-refractivity contribution in [3.05, 3.63) is 53.6 Å². The molecule has 0 atom stereocenters. The Bertz CT molecular complexity index is 677. The first-order valence-electron chi connectivity index (χ1n) is 7.04. The number of hydrogen-bond acceptors (Lipinski definition) is 3. The van der Waals surface area contributed by atoms with Gasteiger partial charge < -0.3 is 15.5 Å². The molecule has 4 heteroatoms. The molecule has 0 spiro atoms. The minimum Gasteiger partial charge on any atom is -0.399 e. The van der Waals surface area contributed by atoms with Crippen LogP contribution in [0.5, 0.6) is 0 Å². The van der Waals surface area contributed by atoms with E-state index in [1.54, 1.807) is 0 Å². The third-order valence-electron chi connectivity index (χ3n) is 3.88. The van der Waals surface area contributed by atoms with Crippen molar-refractivity contribution < 1.29 is 4.79 Å². The largest absolute Gasteiger partial charge is 0.399 e. The van der Waals surface area contributed by atoms with E-state index in [0.29, 0.717) is 17.8 Å². The van der Waals surface area contributed by atoms with Crippen LogP contribution in [0.3, 0.4) is 0 Å². The Morgan fingerprint density at radius 3 is 2.52 bits per heavy atom. The number of benzene rings is 2. The molecule has 108 valence electrons. The van der Waals surface area contributed by atoms with Crippen LogP contribution in [0.4, 0.5) is 17.1 Å². The van der Waals surface area contributed by atoms with Crippen molar-refractivity contribution in [3.63, 3.8) is 0 Å². The molecule has 2 N–H and O–H groups in total. The molecule has 0 bridgehead atoms. The van der Waals surface area contributed by atoms with Gasteiger partial charge in [-0.1, -0.05) is 6.07 Å². The Hall–Kier alpha value is -2.49. The standard InChI is InChI=1S/C17H19N3O/c1-19(2)15-7-4-13(5-8-15)17(21)20-10-9-12-3-6-14(18)11-16(12)20/h3-8,11H,9-10,18H2,1-2H3. The normalized spacial score (nSPS) is 13.1. The molecular formula is C17H19N3O. The third-order valence-corrected chi connectivity index (χ3v) is 3.88. The number of carbonyl (C=O) groups excluding carboxylic acids is 1. The van der Waals surface area contributed by atoms with Crippen LogP contribution in [0.2, 0.25) is 0 Å². The van der Waals surface area contributed by atoms with Gasteiger partial charge in [0.1, 0.15) is 0 Å². The van der Waals surface area contributed by atoms with E-state index in [2.05, 4.69) is 0 Å². The van der Waals surface area contributed by atoms with E-state index in [-0.39, 0.29) is 5.91 Å². The molecule has 4 nitrogen and oxygen atoms in total. The number of nitrogen functional groups attached to an aromatic ring is 1. The summed E-state index contributed by atoms with van der Waals surface area (Å²) in [6.45, 7) is 0.715. The van der Waals surface area contributed by atoms with E-state index in [1.165, 1.54) is 5.56 Å². The first kappa shape index (κ1) is 13.5. The zero-order valence-corrected chi connectivity index (χ0v) is 12.3. The highest BCUT2D eigenvalue weighted by Crippen LogP contribution is 2.31. The van der Waals surface area contributed by atoms with Gasteiger partial charge in [0.15, 0.2) is 0 Å². The molecule has 0 aliphatic carbocycles. The van der Waals surface area contributed by atoms with Crippen LogP contribution < -0.4 is 15.5 Å². The summed E-state index contributed by atoms with van der Waals surface area (Å²) < 4.78 is 0. The molecule has 2 aromatic carbocycles. The molecule has 0 fully saturated rings. The summed E-state index contributed by atoms with van der Waals surface area (Å²) in [6.07, 6.45) is 0.886. The quantitative estimate of drug-likeness (QED) is 0.861. The number of nitrogens with two attached hydrogens (primary N) is 1. The van der Waals surface area contributed by atoms with Crippen LogP contribution in [0, 0.1) is 0 Å². The van der Waals surface area contributed by atoms with Gasteiger partial charge in [-0.05, 0) is 48.4 Å². The molecule has 1 heterocycles.